The van der Waals surface area contributed by atoms with Gasteiger partial charge in [-0.25, -0.2) is 4.39 Å². The molecule has 132 valence electrons. The van der Waals surface area contributed by atoms with Gasteiger partial charge in [0.2, 0.25) is 5.91 Å². The van der Waals surface area contributed by atoms with Crippen LogP contribution in [0.2, 0.25) is 0 Å². The maximum absolute atomic E-state index is 12.8. The van der Waals surface area contributed by atoms with E-state index in [1.54, 1.807) is 19.1 Å². The molecule has 0 radical (unpaired) electrons. The number of nitro benzene ring substituents is 1. The van der Waals surface area contributed by atoms with Gasteiger partial charge >= 0.3 is 0 Å². The molecule has 0 aliphatic carbocycles. The van der Waals surface area contributed by atoms with Crippen LogP contribution in [0.1, 0.15) is 6.92 Å². The topological polar surface area (TPSA) is 81.5 Å². The van der Waals surface area contributed by atoms with Crippen molar-refractivity contribution >= 4 is 23.4 Å². The minimum absolute atomic E-state index is 0.0133. The molecule has 2 rings (SSSR count). The first-order valence-electron chi connectivity index (χ1n) is 7.53. The van der Waals surface area contributed by atoms with Gasteiger partial charge in [0.05, 0.1) is 16.7 Å². The van der Waals surface area contributed by atoms with E-state index >= 15 is 0 Å². The van der Waals surface area contributed by atoms with E-state index in [2.05, 4.69) is 5.32 Å². The largest absolute Gasteiger partial charge is 0.492 e. The van der Waals surface area contributed by atoms with Crippen LogP contribution in [-0.2, 0) is 4.79 Å². The molecule has 2 aromatic carbocycles. The standard InChI is InChI=1S/C17H17FN2O4S/c1-12(25-16-8-4-14(5-9-16)20(22)23)17(21)19-10-11-24-15-6-2-13(18)3-7-15/h2-9,12H,10-11H2,1H3,(H,19,21). The van der Waals surface area contributed by atoms with Crippen molar-refractivity contribution in [3.63, 3.8) is 0 Å². The van der Waals surface area contributed by atoms with Crippen LogP contribution >= 0.6 is 11.8 Å². The molecule has 0 spiro atoms. The van der Waals surface area contributed by atoms with Crippen LogP contribution in [-0.4, -0.2) is 29.2 Å². The van der Waals surface area contributed by atoms with Crippen molar-refractivity contribution in [2.45, 2.75) is 17.1 Å². The first kappa shape index (κ1) is 18.7. The molecule has 0 aliphatic heterocycles. The van der Waals surface area contributed by atoms with Crippen molar-refractivity contribution in [3.05, 3.63) is 64.5 Å². The fourth-order valence-corrected chi connectivity index (χ4v) is 2.81. The number of benzene rings is 2. The summed E-state index contributed by atoms with van der Waals surface area (Å²) in [7, 11) is 0. The number of nitrogens with one attached hydrogen (secondary N) is 1. The van der Waals surface area contributed by atoms with Crippen molar-refractivity contribution in [1.82, 2.24) is 5.32 Å². The molecule has 1 atom stereocenters. The number of rotatable bonds is 8. The summed E-state index contributed by atoms with van der Waals surface area (Å²) < 4.78 is 18.2. The first-order chi connectivity index (χ1) is 12.0. The van der Waals surface area contributed by atoms with Gasteiger partial charge in [-0.2, -0.15) is 0 Å². The second kappa shape index (κ2) is 9.03. The van der Waals surface area contributed by atoms with Gasteiger partial charge in [-0.05, 0) is 43.3 Å². The lowest BCUT2D eigenvalue weighted by Gasteiger charge is -2.12. The van der Waals surface area contributed by atoms with Crippen molar-refractivity contribution in [1.29, 1.82) is 0 Å². The van der Waals surface area contributed by atoms with Crippen LogP contribution in [0.25, 0.3) is 0 Å². The lowest BCUT2D eigenvalue weighted by Crippen LogP contribution is -2.33. The van der Waals surface area contributed by atoms with E-state index < -0.39 is 4.92 Å². The van der Waals surface area contributed by atoms with Gasteiger partial charge in [0.1, 0.15) is 18.2 Å². The van der Waals surface area contributed by atoms with E-state index in [0.29, 0.717) is 12.3 Å². The molecule has 0 aliphatic rings. The zero-order valence-corrected chi connectivity index (χ0v) is 14.3. The van der Waals surface area contributed by atoms with E-state index in [0.717, 1.165) is 4.90 Å². The SMILES string of the molecule is CC(Sc1ccc([N+](=O)[O-])cc1)C(=O)NCCOc1ccc(F)cc1. The summed E-state index contributed by atoms with van der Waals surface area (Å²) in [4.78, 5) is 23.0. The molecule has 8 heteroatoms. The number of carbonyl (C=O) groups excluding carboxylic acids is 1. The van der Waals surface area contributed by atoms with E-state index in [-0.39, 0.29) is 29.3 Å². The fraction of sp³-hybridized carbons (Fsp3) is 0.235. The highest BCUT2D eigenvalue weighted by atomic mass is 32.2. The summed E-state index contributed by atoms with van der Waals surface area (Å²) in [5.41, 5.74) is 0.0133. The quantitative estimate of drug-likeness (QED) is 0.336. The van der Waals surface area contributed by atoms with Gasteiger partial charge in [0.15, 0.2) is 0 Å². The highest BCUT2D eigenvalue weighted by Crippen LogP contribution is 2.25. The normalized spacial score (nSPS) is 11.6. The van der Waals surface area contributed by atoms with Crippen LogP contribution in [0.4, 0.5) is 10.1 Å². The maximum atomic E-state index is 12.8. The van der Waals surface area contributed by atoms with Crippen molar-refractivity contribution in [2.24, 2.45) is 0 Å². The highest BCUT2D eigenvalue weighted by Gasteiger charge is 2.14. The van der Waals surface area contributed by atoms with E-state index in [1.165, 1.54) is 48.2 Å². The Labute approximate surface area is 148 Å². The van der Waals surface area contributed by atoms with Crippen LogP contribution < -0.4 is 10.1 Å². The first-order valence-corrected chi connectivity index (χ1v) is 8.41. The number of amides is 1. The number of hydrogen-bond donors (Lipinski definition) is 1. The monoisotopic (exact) mass is 364 g/mol. The number of hydrogen-bond acceptors (Lipinski definition) is 5. The predicted molar refractivity (Wildman–Crippen MR) is 93.3 cm³/mol. The van der Waals surface area contributed by atoms with Crippen molar-refractivity contribution in [3.8, 4) is 5.75 Å². The lowest BCUT2D eigenvalue weighted by atomic mass is 10.3. The molecule has 0 saturated heterocycles. The van der Waals surface area contributed by atoms with Gasteiger partial charge in [0.25, 0.3) is 5.69 Å². The third-order valence-electron chi connectivity index (χ3n) is 3.21. The second-order valence-corrected chi connectivity index (χ2v) is 6.52. The molecule has 0 fully saturated rings. The summed E-state index contributed by atoms with van der Waals surface area (Å²) in [6.07, 6.45) is 0. The van der Waals surface area contributed by atoms with E-state index in [1.807, 2.05) is 0 Å². The molecule has 0 saturated carbocycles. The van der Waals surface area contributed by atoms with Crippen LogP contribution in [0.5, 0.6) is 5.75 Å². The molecular weight excluding hydrogens is 347 g/mol. The number of ether oxygens (including phenoxy) is 1. The molecule has 6 nitrogen and oxygen atoms in total. The number of nitro groups is 1. The van der Waals surface area contributed by atoms with E-state index in [4.69, 9.17) is 4.74 Å². The maximum Gasteiger partial charge on any atom is 0.269 e. The number of non-ortho nitro benzene ring substituents is 1. The second-order valence-electron chi connectivity index (χ2n) is 5.10. The Kier molecular flexibility index (Phi) is 6.76. The van der Waals surface area contributed by atoms with Gasteiger partial charge < -0.3 is 10.1 Å². The fourth-order valence-electron chi connectivity index (χ4n) is 1.92. The molecule has 0 aromatic heterocycles. The Balaban J connectivity index is 1.72. The molecule has 1 amide bonds. The molecule has 0 bridgehead atoms. The van der Waals surface area contributed by atoms with Crippen molar-refractivity contribution in [2.75, 3.05) is 13.2 Å². The van der Waals surface area contributed by atoms with Crippen LogP contribution in [0, 0.1) is 15.9 Å². The number of halogens is 1. The summed E-state index contributed by atoms with van der Waals surface area (Å²) in [6, 6.07) is 11.7. The molecule has 2 aromatic rings. The minimum atomic E-state index is -0.467. The average Bonchev–Trinajstić information content (AvgIpc) is 2.60. The predicted octanol–water partition coefficient (Wildman–Crippen LogP) is 3.41. The molecule has 0 heterocycles. The molecule has 1 unspecified atom stereocenters. The van der Waals surface area contributed by atoms with Gasteiger partial charge in [-0.3, -0.25) is 14.9 Å². The number of nitrogens with zero attached hydrogens (tertiary/aromatic N) is 1. The third-order valence-corrected chi connectivity index (χ3v) is 4.33. The highest BCUT2D eigenvalue weighted by molar-refractivity contribution is 8.00. The molecular formula is C17H17FN2O4S. The van der Waals surface area contributed by atoms with E-state index in [9.17, 15) is 19.3 Å². The summed E-state index contributed by atoms with van der Waals surface area (Å²) in [5, 5.41) is 13.0. The van der Waals surface area contributed by atoms with Gasteiger partial charge in [0, 0.05) is 17.0 Å². The molecule has 25 heavy (non-hydrogen) atoms. The Morgan fingerprint density at radius 3 is 2.48 bits per heavy atom. The molecule has 1 N–H and O–H groups in total. The Morgan fingerprint density at radius 1 is 1.24 bits per heavy atom. The smallest absolute Gasteiger partial charge is 0.269 e. The number of carbonyl (C=O) groups is 1. The Bertz CT molecular complexity index is 722. The average molecular weight is 364 g/mol. The van der Waals surface area contributed by atoms with Crippen molar-refractivity contribution < 1.29 is 18.8 Å². The minimum Gasteiger partial charge on any atom is -0.492 e. The van der Waals surface area contributed by atoms with Gasteiger partial charge in [-0.15, -0.1) is 11.8 Å². The number of thioether (sulfide) groups is 1. The zero-order chi connectivity index (χ0) is 18.2. The summed E-state index contributed by atoms with van der Waals surface area (Å²) in [6.45, 7) is 2.34. The lowest BCUT2D eigenvalue weighted by molar-refractivity contribution is -0.384. The Morgan fingerprint density at radius 2 is 1.88 bits per heavy atom. The third kappa shape index (κ3) is 6.07. The Hall–Kier alpha value is -2.61. The van der Waals surface area contributed by atoms with Crippen LogP contribution in [0.15, 0.2) is 53.4 Å². The van der Waals surface area contributed by atoms with Crippen LogP contribution in [0.3, 0.4) is 0 Å². The summed E-state index contributed by atoms with van der Waals surface area (Å²) >= 11 is 1.31. The van der Waals surface area contributed by atoms with Gasteiger partial charge in [-0.1, -0.05) is 0 Å². The summed E-state index contributed by atoms with van der Waals surface area (Å²) in [5.74, 6) is 0.0350. The zero-order valence-electron chi connectivity index (χ0n) is 13.5.